The van der Waals surface area contributed by atoms with Crippen LogP contribution in [0.3, 0.4) is 0 Å². The molecule has 0 saturated carbocycles. The fourth-order valence-corrected chi connectivity index (χ4v) is 1.66. The number of rotatable bonds is 4. The first kappa shape index (κ1) is 11.9. The summed E-state index contributed by atoms with van der Waals surface area (Å²) in [4.78, 5) is 23.9. The lowest BCUT2D eigenvalue weighted by molar-refractivity contribution is -0.142. The van der Waals surface area contributed by atoms with E-state index >= 15 is 0 Å². The average molecular weight is 218 g/mol. The number of carboxylic acids is 2. The summed E-state index contributed by atoms with van der Waals surface area (Å²) in [6.07, 6.45) is -0.697. The van der Waals surface area contributed by atoms with Crippen molar-refractivity contribution in [2.45, 2.75) is 6.10 Å². The first-order chi connectivity index (χ1) is 6.97. The fraction of sp³-hybridized carbons (Fsp3) is 0.750. The molecule has 0 unspecified atom stereocenters. The minimum atomic E-state index is -0.987. The van der Waals surface area contributed by atoms with Gasteiger partial charge in [0.1, 0.15) is 0 Å². The van der Waals surface area contributed by atoms with Gasteiger partial charge in [-0.15, -0.1) is 0 Å². The normalized spacial score (nSPS) is 20.3. The minimum Gasteiger partial charge on any atom is -0.480 e. The summed E-state index contributed by atoms with van der Waals surface area (Å²) in [6, 6.07) is 0. The van der Waals surface area contributed by atoms with Gasteiger partial charge >= 0.3 is 11.9 Å². The molecular weight excluding hydrogens is 204 g/mol. The molecule has 3 N–H and O–H groups in total. The number of β-amino-alcohol motifs (C(OH)–C–C–N with tert-alkyl or cyclic N) is 1. The Labute approximate surface area is 86.5 Å². The highest BCUT2D eigenvalue weighted by molar-refractivity contribution is 5.69. The second kappa shape index (κ2) is 5.06. The average Bonchev–Trinajstić information content (AvgIpc) is 1.98. The molecule has 86 valence electrons. The zero-order chi connectivity index (χ0) is 11.4. The Morgan fingerprint density at radius 2 is 1.47 bits per heavy atom. The number of aliphatic carboxylic acids is 2. The SMILES string of the molecule is O=C(O)CN1CC(O)CN(CC(=O)O)C1. The highest BCUT2D eigenvalue weighted by atomic mass is 16.4. The summed E-state index contributed by atoms with van der Waals surface area (Å²) in [5.74, 6) is -1.97. The number of aliphatic hydroxyl groups excluding tert-OH is 1. The molecule has 0 bridgehead atoms. The number of nitrogens with zero attached hydrogens (tertiary/aromatic N) is 2. The van der Waals surface area contributed by atoms with Crippen LogP contribution in [-0.4, -0.2) is 76.0 Å². The molecule has 1 aliphatic heterocycles. The van der Waals surface area contributed by atoms with Crippen molar-refractivity contribution in [3.05, 3.63) is 0 Å². The Hall–Kier alpha value is -1.18. The van der Waals surface area contributed by atoms with Crippen molar-refractivity contribution in [3.63, 3.8) is 0 Å². The van der Waals surface area contributed by atoms with Gasteiger partial charge in [0, 0.05) is 13.1 Å². The predicted octanol–water partition coefficient (Wildman–Crippen LogP) is -1.91. The van der Waals surface area contributed by atoms with Crippen LogP contribution >= 0.6 is 0 Å². The third-order valence-electron chi connectivity index (χ3n) is 2.06. The van der Waals surface area contributed by atoms with E-state index in [9.17, 15) is 14.7 Å². The van der Waals surface area contributed by atoms with Gasteiger partial charge in [-0.25, -0.2) is 0 Å². The van der Waals surface area contributed by atoms with Gasteiger partial charge in [-0.1, -0.05) is 0 Å². The van der Waals surface area contributed by atoms with Crippen molar-refractivity contribution in [1.82, 2.24) is 9.80 Å². The standard InChI is InChI=1S/C8H14N2O5/c11-6-1-9(3-7(12)13)5-10(2-6)4-8(14)15/h6,11H,1-5H2,(H,12,13)(H,14,15). The van der Waals surface area contributed by atoms with E-state index in [0.29, 0.717) is 0 Å². The molecule has 0 amide bonds. The Morgan fingerprint density at radius 1 is 1.07 bits per heavy atom. The van der Waals surface area contributed by atoms with Gasteiger partial charge in [-0.3, -0.25) is 19.4 Å². The van der Waals surface area contributed by atoms with Crippen LogP contribution in [0.4, 0.5) is 0 Å². The number of aliphatic hydroxyl groups is 1. The van der Waals surface area contributed by atoms with Gasteiger partial charge in [0.2, 0.25) is 0 Å². The minimum absolute atomic E-state index is 0.187. The maximum atomic E-state index is 10.4. The van der Waals surface area contributed by atoms with Crippen molar-refractivity contribution >= 4 is 11.9 Å². The molecule has 0 atom stereocenters. The Kier molecular flexibility index (Phi) is 4.01. The number of hydrogen-bond acceptors (Lipinski definition) is 5. The van der Waals surface area contributed by atoms with Crippen LogP contribution in [-0.2, 0) is 9.59 Å². The molecule has 7 heteroatoms. The van der Waals surface area contributed by atoms with E-state index in [1.807, 2.05) is 0 Å². The van der Waals surface area contributed by atoms with Crippen molar-refractivity contribution < 1.29 is 24.9 Å². The van der Waals surface area contributed by atoms with Gasteiger partial charge < -0.3 is 15.3 Å². The van der Waals surface area contributed by atoms with Gasteiger partial charge in [-0.2, -0.15) is 0 Å². The molecule has 0 aliphatic carbocycles. The van der Waals surface area contributed by atoms with Gasteiger partial charge in [0.25, 0.3) is 0 Å². The first-order valence-corrected chi connectivity index (χ1v) is 4.53. The molecule has 15 heavy (non-hydrogen) atoms. The predicted molar refractivity (Wildman–Crippen MR) is 49.3 cm³/mol. The summed E-state index contributed by atoms with van der Waals surface area (Å²) in [5.41, 5.74) is 0. The van der Waals surface area contributed by atoms with Crippen LogP contribution in [0.1, 0.15) is 0 Å². The molecule has 0 aromatic rings. The molecule has 1 fully saturated rings. The summed E-state index contributed by atoms with van der Waals surface area (Å²) < 4.78 is 0. The summed E-state index contributed by atoms with van der Waals surface area (Å²) >= 11 is 0. The molecule has 1 heterocycles. The molecule has 1 saturated heterocycles. The lowest BCUT2D eigenvalue weighted by Gasteiger charge is -2.36. The fourth-order valence-electron chi connectivity index (χ4n) is 1.66. The van der Waals surface area contributed by atoms with Crippen molar-refractivity contribution in [2.75, 3.05) is 32.8 Å². The summed E-state index contributed by atoms with van der Waals surface area (Å²) in [7, 11) is 0. The van der Waals surface area contributed by atoms with Crippen molar-refractivity contribution in [2.24, 2.45) is 0 Å². The Morgan fingerprint density at radius 3 is 1.80 bits per heavy atom. The first-order valence-electron chi connectivity index (χ1n) is 4.53. The van der Waals surface area contributed by atoms with E-state index in [0.717, 1.165) is 0 Å². The number of hydrogen-bond donors (Lipinski definition) is 3. The topological polar surface area (TPSA) is 101 Å². The van der Waals surface area contributed by atoms with E-state index in [4.69, 9.17) is 10.2 Å². The molecule has 7 nitrogen and oxygen atoms in total. The molecule has 0 radical (unpaired) electrons. The van der Waals surface area contributed by atoms with Crippen LogP contribution in [0.15, 0.2) is 0 Å². The lowest BCUT2D eigenvalue weighted by Crippen LogP contribution is -2.54. The van der Waals surface area contributed by atoms with Crippen LogP contribution in [0.25, 0.3) is 0 Å². The van der Waals surface area contributed by atoms with Gasteiger partial charge in [0.15, 0.2) is 0 Å². The van der Waals surface area contributed by atoms with Crippen LogP contribution in [0.2, 0.25) is 0 Å². The highest BCUT2D eigenvalue weighted by Crippen LogP contribution is 2.05. The van der Waals surface area contributed by atoms with Crippen molar-refractivity contribution in [1.29, 1.82) is 0 Å². The monoisotopic (exact) mass is 218 g/mol. The number of carbonyl (C=O) groups is 2. The van der Waals surface area contributed by atoms with Crippen LogP contribution in [0.5, 0.6) is 0 Å². The van der Waals surface area contributed by atoms with E-state index in [-0.39, 0.29) is 32.8 Å². The number of carboxylic acid groups (broad SMARTS) is 2. The maximum Gasteiger partial charge on any atom is 0.317 e. The Balaban J connectivity index is 2.47. The quantitative estimate of drug-likeness (QED) is 0.506. The van der Waals surface area contributed by atoms with E-state index in [1.54, 1.807) is 0 Å². The molecular formula is C8H14N2O5. The van der Waals surface area contributed by atoms with Crippen LogP contribution in [0, 0.1) is 0 Å². The molecule has 1 aliphatic rings. The molecule has 0 aromatic heterocycles. The summed E-state index contributed by atoms with van der Waals surface area (Å²) in [5, 5.41) is 26.5. The van der Waals surface area contributed by atoms with E-state index in [2.05, 4.69) is 0 Å². The lowest BCUT2D eigenvalue weighted by atomic mass is 10.2. The van der Waals surface area contributed by atoms with E-state index in [1.165, 1.54) is 9.80 Å². The second-order valence-corrected chi connectivity index (χ2v) is 3.61. The van der Waals surface area contributed by atoms with Crippen molar-refractivity contribution in [3.8, 4) is 0 Å². The van der Waals surface area contributed by atoms with E-state index < -0.39 is 18.0 Å². The second-order valence-electron chi connectivity index (χ2n) is 3.61. The molecule has 0 spiro atoms. The van der Waals surface area contributed by atoms with Gasteiger partial charge in [0.05, 0.1) is 25.9 Å². The third-order valence-corrected chi connectivity index (χ3v) is 2.06. The van der Waals surface area contributed by atoms with Gasteiger partial charge in [-0.05, 0) is 0 Å². The molecule has 0 aromatic carbocycles. The zero-order valence-corrected chi connectivity index (χ0v) is 8.17. The smallest absolute Gasteiger partial charge is 0.317 e. The summed E-state index contributed by atoms with van der Waals surface area (Å²) in [6.45, 7) is 0.418. The maximum absolute atomic E-state index is 10.4. The Bertz CT molecular complexity index is 233. The largest absolute Gasteiger partial charge is 0.480 e. The molecule has 1 rings (SSSR count). The highest BCUT2D eigenvalue weighted by Gasteiger charge is 2.26. The zero-order valence-electron chi connectivity index (χ0n) is 8.17. The van der Waals surface area contributed by atoms with Crippen LogP contribution < -0.4 is 0 Å². The third kappa shape index (κ3) is 4.24.